The van der Waals surface area contributed by atoms with Gasteiger partial charge < -0.3 is 15.2 Å². The molecule has 1 aromatic heterocycles. The van der Waals surface area contributed by atoms with Gasteiger partial charge in [-0.05, 0) is 31.0 Å². The van der Waals surface area contributed by atoms with E-state index in [0.717, 1.165) is 6.42 Å². The summed E-state index contributed by atoms with van der Waals surface area (Å²) >= 11 is 5.94. The molecule has 2 amide bonds. The van der Waals surface area contributed by atoms with Crippen LogP contribution in [0.3, 0.4) is 0 Å². The number of rotatable bonds is 5. The molecule has 7 heteroatoms. The number of hydrogen-bond donors (Lipinski definition) is 2. The van der Waals surface area contributed by atoms with Gasteiger partial charge in [-0.3, -0.25) is 0 Å². The van der Waals surface area contributed by atoms with Crippen LogP contribution in [0, 0.1) is 12.7 Å². The van der Waals surface area contributed by atoms with Gasteiger partial charge in [-0.2, -0.15) is 0 Å². The molecule has 0 spiro atoms. The van der Waals surface area contributed by atoms with Gasteiger partial charge in [-0.25, -0.2) is 14.2 Å². The molecule has 2 N–H and O–H groups in total. The normalized spacial score (nSPS) is 12.0. The van der Waals surface area contributed by atoms with E-state index in [2.05, 4.69) is 15.6 Å². The Morgan fingerprint density at radius 1 is 1.50 bits per heavy atom. The number of benzene rings is 1. The molecule has 0 bridgehead atoms. The van der Waals surface area contributed by atoms with Gasteiger partial charge in [0, 0.05) is 25.0 Å². The van der Waals surface area contributed by atoms with E-state index in [4.69, 9.17) is 11.6 Å². The molecular formula is C15H18ClFN4O. The van der Waals surface area contributed by atoms with E-state index in [-0.39, 0.29) is 17.1 Å². The van der Waals surface area contributed by atoms with Crippen molar-refractivity contribution in [3.63, 3.8) is 0 Å². The van der Waals surface area contributed by atoms with Crippen LogP contribution in [0.2, 0.25) is 5.02 Å². The van der Waals surface area contributed by atoms with Crippen LogP contribution in [0.4, 0.5) is 14.9 Å². The maximum atomic E-state index is 13.4. The van der Waals surface area contributed by atoms with Gasteiger partial charge in [0.1, 0.15) is 5.82 Å². The van der Waals surface area contributed by atoms with E-state index in [0.29, 0.717) is 17.8 Å². The van der Waals surface area contributed by atoms with Gasteiger partial charge in [0.25, 0.3) is 0 Å². The average Bonchev–Trinajstić information content (AvgIpc) is 2.97. The Labute approximate surface area is 133 Å². The van der Waals surface area contributed by atoms with E-state index in [9.17, 15) is 9.18 Å². The third-order valence-electron chi connectivity index (χ3n) is 3.31. The molecule has 0 unspecified atom stereocenters. The highest BCUT2D eigenvalue weighted by Crippen LogP contribution is 2.25. The lowest BCUT2D eigenvalue weighted by molar-refractivity contribution is 0.246. The van der Waals surface area contributed by atoms with Crippen LogP contribution in [0.5, 0.6) is 0 Å². The second-order valence-corrected chi connectivity index (χ2v) is 5.45. The Kier molecular flexibility index (Phi) is 5.38. The third-order valence-corrected chi connectivity index (χ3v) is 3.63. The molecule has 1 atom stereocenters. The van der Waals surface area contributed by atoms with Crippen LogP contribution in [0.15, 0.2) is 30.9 Å². The smallest absolute Gasteiger partial charge is 0.319 e. The number of carbonyl (C=O) groups excluding carboxylic acids is 1. The quantitative estimate of drug-likeness (QED) is 0.883. The standard InChI is InChI=1S/C15H18ClFN4O/c1-3-11(8-21-5-4-18-9-21)19-15(22)20-14-6-10(2)13(17)7-12(14)16/h4-7,9,11H,3,8H2,1-2H3,(H2,19,20,22)/t11-/m1/s1. The number of imidazole rings is 1. The van der Waals surface area contributed by atoms with Crippen LogP contribution >= 0.6 is 11.6 Å². The van der Waals surface area contributed by atoms with Crippen molar-refractivity contribution in [3.8, 4) is 0 Å². The van der Waals surface area contributed by atoms with Crippen LogP contribution < -0.4 is 10.6 Å². The molecule has 1 aromatic carbocycles. The Balaban J connectivity index is 1.98. The topological polar surface area (TPSA) is 59.0 Å². The Bertz CT molecular complexity index is 645. The molecule has 0 radical (unpaired) electrons. The van der Waals surface area contributed by atoms with E-state index in [1.54, 1.807) is 19.4 Å². The fraction of sp³-hybridized carbons (Fsp3) is 0.333. The first kappa shape index (κ1) is 16.3. The largest absolute Gasteiger partial charge is 0.335 e. The molecule has 118 valence electrons. The summed E-state index contributed by atoms with van der Waals surface area (Å²) in [5.41, 5.74) is 0.806. The number of aryl methyl sites for hydroxylation is 1. The van der Waals surface area contributed by atoms with Crippen molar-refractivity contribution >= 4 is 23.3 Å². The molecule has 0 aliphatic carbocycles. The lowest BCUT2D eigenvalue weighted by atomic mass is 10.2. The minimum absolute atomic E-state index is 0.0467. The fourth-order valence-electron chi connectivity index (χ4n) is 2.02. The summed E-state index contributed by atoms with van der Waals surface area (Å²) in [7, 11) is 0. The number of nitrogens with one attached hydrogen (secondary N) is 2. The SMILES string of the molecule is CC[C@H](Cn1ccnc1)NC(=O)Nc1cc(C)c(F)cc1Cl. The third kappa shape index (κ3) is 4.21. The minimum Gasteiger partial charge on any atom is -0.335 e. The highest BCUT2D eigenvalue weighted by Gasteiger charge is 2.13. The summed E-state index contributed by atoms with van der Waals surface area (Å²) in [5, 5.41) is 5.68. The number of amides is 2. The lowest BCUT2D eigenvalue weighted by Crippen LogP contribution is -2.40. The minimum atomic E-state index is -0.400. The molecule has 22 heavy (non-hydrogen) atoms. The average molecular weight is 325 g/mol. The first-order valence-corrected chi connectivity index (χ1v) is 7.36. The molecule has 2 rings (SSSR count). The summed E-state index contributed by atoms with van der Waals surface area (Å²) in [6.07, 6.45) is 5.99. The van der Waals surface area contributed by atoms with Gasteiger partial charge in [-0.15, -0.1) is 0 Å². The van der Waals surface area contributed by atoms with Crippen molar-refractivity contribution in [3.05, 3.63) is 47.3 Å². The predicted molar refractivity (Wildman–Crippen MR) is 84.6 cm³/mol. The summed E-state index contributed by atoms with van der Waals surface area (Å²) in [6.45, 7) is 4.22. The first-order valence-electron chi connectivity index (χ1n) is 6.98. The number of nitrogens with zero attached hydrogens (tertiary/aromatic N) is 2. The molecule has 0 fully saturated rings. The molecule has 0 saturated heterocycles. The van der Waals surface area contributed by atoms with Gasteiger partial charge in [0.2, 0.25) is 0 Å². The van der Waals surface area contributed by atoms with Crippen molar-refractivity contribution < 1.29 is 9.18 Å². The Morgan fingerprint density at radius 2 is 2.27 bits per heavy atom. The van der Waals surface area contributed by atoms with Crippen molar-refractivity contribution in [1.29, 1.82) is 0 Å². The second-order valence-electron chi connectivity index (χ2n) is 5.04. The Morgan fingerprint density at radius 3 is 2.91 bits per heavy atom. The van der Waals surface area contributed by atoms with Crippen LogP contribution in [-0.4, -0.2) is 21.6 Å². The Hall–Kier alpha value is -2.08. The van der Waals surface area contributed by atoms with Crippen LogP contribution in [0.1, 0.15) is 18.9 Å². The summed E-state index contributed by atoms with van der Waals surface area (Å²) in [5.74, 6) is -0.400. The highest BCUT2D eigenvalue weighted by molar-refractivity contribution is 6.33. The van der Waals surface area contributed by atoms with Crippen LogP contribution in [-0.2, 0) is 6.54 Å². The second kappa shape index (κ2) is 7.26. The number of urea groups is 1. The molecular weight excluding hydrogens is 307 g/mol. The van der Waals surface area contributed by atoms with E-state index in [1.807, 2.05) is 17.7 Å². The van der Waals surface area contributed by atoms with Gasteiger partial charge in [0.15, 0.2) is 0 Å². The van der Waals surface area contributed by atoms with Gasteiger partial charge >= 0.3 is 6.03 Å². The maximum Gasteiger partial charge on any atom is 0.319 e. The molecule has 2 aromatic rings. The first-order chi connectivity index (χ1) is 10.5. The molecule has 0 saturated carbocycles. The highest BCUT2D eigenvalue weighted by atomic mass is 35.5. The zero-order valence-corrected chi connectivity index (χ0v) is 13.2. The molecule has 1 heterocycles. The molecule has 0 aliphatic heterocycles. The molecule has 0 aliphatic rings. The number of aromatic nitrogens is 2. The lowest BCUT2D eigenvalue weighted by Gasteiger charge is -2.18. The number of carbonyl (C=O) groups is 1. The number of hydrogen-bond acceptors (Lipinski definition) is 2. The predicted octanol–water partition coefficient (Wildman–Crippen LogP) is 3.58. The van der Waals surface area contributed by atoms with Crippen molar-refractivity contribution in [2.45, 2.75) is 32.9 Å². The van der Waals surface area contributed by atoms with Gasteiger partial charge in [0.05, 0.1) is 17.0 Å². The summed E-state index contributed by atoms with van der Waals surface area (Å²) in [4.78, 5) is 16.0. The summed E-state index contributed by atoms with van der Waals surface area (Å²) in [6, 6.07) is 2.28. The van der Waals surface area contributed by atoms with Gasteiger partial charge in [-0.1, -0.05) is 18.5 Å². The monoisotopic (exact) mass is 324 g/mol. The van der Waals surface area contributed by atoms with Crippen molar-refractivity contribution in [2.75, 3.05) is 5.32 Å². The fourth-order valence-corrected chi connectivity index (χ4v) is 2.22. The van der Waals surface area contributed by atoms with E-state index < -0.39 is 5.82 Å². The van der Waals surface area contributed by atoms with E-state index in [1.165, 1.54) is 12.1 Å². The maximum absolute atomic E-state index is 13.4. The van der Waals surface area contributed by atoms with Crippen molar-refractivity contribution in [1.82, 2.24) is 14.9 Å². The van der Waals surface area contributed by atoms with E-state index >= 15 is 0 Å². The van der Waals surface area contributed by atoms with Crippen LogP contribution in [0.25, 0.3) is 0 Å². The summed E-state index contributed by atoms with van der Waals surface area (Å²) < 4.78 is 15.2. The number of halogens is 2. The van der Waals surface area contributed by atoms with Crippen molar-refractivity contribution in [2.24, 2.45) is 0 Å². The number of anilines is 1. The zero-order valence-electron chi connectivity index (χ0n) is 12.4. The zero-order chi connectivity index (χ0) is 16.1. The molecule has 5 nitrogen and oxygen atoms in total.